The number of pyridine rings is 1. The number of allylic oxidation sites excluding steroid dienone is 1. The molecule has 2 atom stereocenters. The van der Waals surface area contributed by atoms with E-state index in [2.05, 4.69) is 10.3 Å². The maximum atomic E-state index is 13.1. The number of anilines is 1. The Bertz CT molecular complexity index is 792. The number of amides is 1. The van der Waals surface area contributed by atoms with Gasteiger partial charge in [0.2, 0.25) is 5.91 Å². The molecule has 1 N–H and O–H groups in total. The van der Waals surface area contributed by atoms with Crippen molar-refractivity contribution in [3.05, 3.63) is 48.0 Å². The lowest BCUT2D eigenvalue weighted by Gasteiger charge is -2.35. The van der Waals surface area contributed by atoms with Crippen molar-refractivity contribution >= 4 is 11.7 Å². The maximum absolute atomic E-state index is 13.1. The Labute approximate surface area is 165 Å². The van der Waals surface area contributed by atoms with Crippen molar-refractivity contribution in [2.75, 3.05) is 11.9 Å². The molecule has 0 bridgehead atoms. The Kier molecular flexibility index (Phi) is 6.86. The van der Waals surface area contributed by atoms with Crippen LogP contribution in [0.4, 0.5) is 27.8 Å². The second-order valence-corrected chi connectivity index (χ2v) is 6.62. The van der Waals surface area contributed by atoms with Crippen LogP contribution in [0.2, 0.25) is 0 Å². The first-order valence-electron chi connectivity index (χ1n) is 8.95. The summed E-state index contributed by atoms with van der Waals surface area (Å²) >= 11 is 0. The molecule has 0 saturated carbocycles. The van der Waals surface area contributed by atoms with Crippen LogP contribution in [0.25, 0.3) is 0 Å². The average Bonchev–Trinajstić information content (AvgIpc) is 2.66. The summed E-state index contributed by atoms with van der Waals surface area (Å²) in [5, 5.41) is 2.65. The van der Waals surface area contributed by atoms with E-state index in [9.17, 15) is 26.7 Å². The Morgan fingerprint density at radius 3 is 2.66 bits per heavy atom. The lowest BCUT2D eigenvalue weighted by atomic mass is 10.0. The van der Waals surface area contributed by atoms with Crippen molar-refractivity contribution in [1.82, 2.24) is 9.88 Å². The molecule has 1 aliphatic heterocycles. The van der Waals surface area contributed by atoms with Crippen molar-refractivity contribution in [2.24, 2.45) is 0 Å². The first-order valence-corrected chi connectivity index (χ1v) is 8.95. The number of carbonyl (C=O) groups is 1. The Balaban J connectivity index is 2.15. The summed E-state index contributed by atoms with van der Waals surface area (Å²) in [5.74, 6) is -4.88. The van der Waals surface area contributed by atoms with Crippen LogP contribution in [0, 0.1) is 0 Å². The molecule has 5 nitrogen and oxygen atoms in total. The van der Waals surface area contributed by atoms with E-state index in [0.717, 1.165) is 5.56 Å². The molecule has 1 aliphatic rings. The fourth-order valence-corrected chi connectivity index (χ4v) is 2.63. The zero-order chi connectivity index (χ0) is 21.8. The molecule has 0 aliphatic carbocycles. The smallest absolute Gasteiger partial charge is 0.456 e. The summed E-state index contributed by atoms with van der Waals surface area (Å²) in [4.78, 5) is 17.4. The van der Waals surface area contributed by atoms with E-state index in [0.29, 0.717) is 12.2 Å². The van der Waals surface area contributed by atoms with Gasteiger partial charge in [-0.1, -0.05) is 13.0 Å². The van der Waals surface area contributed by atoms with Crippen LogP contribution in [0.1, 0.15) is 38.8 Å². The lowest BCUT2D eigenvalue weighted by molar-refractivity contribution is -0.293. The van der Waals surface area contributed by atoms with Crippen LogP contribution >= 0.6 is 0 Å². The number of nitrogens with one attached hydrogen (secondary N) is 1. The van der Waals surface area contributed by atoms with E-state index in [1.165, 1.54) is 18.5 Å². The molecule has 0 spiro atoms. The van der Waals surface area contributed by atoms with Gasteiger partial charge in [-0.05, 0) is 37.6 Å². The van der Waals surface area contributed by atoms with Crippen molar-refractivity contribution in [3.8, 4) is 0 Å². The molecule has 2 rings (SSSR count). The highest BCUT2D eigenvalue weighted by Gasteiger charge is 2.58. The summed E-state index contributed by atoms with van der Waals surface area (Å²) in [5.41, 5.74) is 0.768. The molecule has 10 heteroatoms. The molecule has 2 heterocycles. The van der Waals surface area contributed by atoms with Crippen LogP contribution in [0.3, 0.4) is 0 Å². The maximum Gasteiger partial charge on any atom is 0.456 e. The topological polar surface area (TPSA) is 54.5 Å². The van der Waals surface area contributed by atoms with E-state index in [4.69, 9.17) is 4.74 Å². The number of hydrogen-bond donors (Lipinski definition) is 1. The van der Waals surface area contributed by atoms with Crippen LogP contribution in [-0.2, 0) is 9.53 Å². The minimum Gasteiger partial charge on any atom is -0.485 e. The molecule has 1 aromatic rings. The van der Waals surface area contributed by atoms with Gasteiger partial charge in [-0.2, -0.15) is 22.0 Å². The number of hydrogen-bond acceptors (Lipinski definition) is 4. The minimum absolute atomic E-state index is 0.104. The zero-order valence-electron chi connectivity index (χ0n) is 16.1. The Morgan fingerprint density at radius 1 is 1.34 bits per heavy atom. The first kappa shape index (κ1) is 22.6. The van der Waals surface area contributed by atoms with E-state index in [1.54, 1.807) is 30.0 Å². The number of aromatic nitrogens is 1. The van der Waals surface area contributed by atoms with E-state index < -0.39 is 18.7 Å². The fraction of sp³-hybridized carbons (Fsp3) is 0.474. The summed E-state index contributed by atoms with van der Waals surface area (Å²) in [6.45, 7) is 3.57. The third-order valence-electron chi connectivity index (χ3n) is 4.42. The SMILES string of the molecule is CCC(=O)Nc1cc(C(C)N2C=C(OCC(F)(F)C(F)(F)F)C=CC2C)ccn1. The van der Waals surface area contributed by atoms with Gasteiger partial charge in [0.25, 0.3) is 0 Å². The highest BCUT2D eigenvalue weighted by molar-refractivity contribution is 5.89. The summed E-state index contributed by atoms with van der Waals surface area (Å²) in [6, 6.07) is 2.94. The van der Waals surface area contributed by atoms with Gasteiger partial charge in [0, 0.05) is 24.9 Å². The van der Waals surface area contributed by atoms with Gasteiger partial charge in [0.1, 0.15) is 11.6 Å². The monoisotopic (exact) mass is 419 g/mol. The van der Waals surface area contributed by atoms with Gasteiger partial charge >= 0.3 is 12.1 Å². The predicted molar refractivity (Wildman–Crippen MR) is 97.1 cm³/mol. The number of alkyl halides is 5. The van der Waals surface area contributed by atoms with E-state index in [1.807, 2.05) is 13.8 Å². The van der Waals surface area contributed by atoms with Crippen molar-refractivity contribution in [3.63, 3.8) is 0 Å². The van der Waals surface area contributed by atoms with Crippen LogP contribution < -0.4 is 5.32 Å². The highest BCUT2D eigenvalue weighted by Crippen LogP contribution is 2.36. The molecule has 0 aromatic carbocycles. The molecule has 2 unspecified atom stereocenters. The van der Waals surface area contributed by atoms with Crippen LogP contribution in [0.15, 0.2) is 42.4 Å². The number of halogens is 5. The van der Waals surface area contributed by atoms with Crippen molar-refractivity contribution < 1.29 is 31.5 Å². The molecule has 1 amide bonds. The Morgan fingerprint density at radius 2 is 2.03 bits per heavy atom. The molecule has 160 valence electrons. The lowest BCUT2D eigenvalue weighted by Crippen LogP contribution is -2.41. The zero-order valence-corrected chi connectivity index (χ0v) is 16.1. The van der Waals surface area contributed by atoms with Gasteiger partial charge in [0.05, 0.1) is 6.04 Å². The van der Waals surface area contributed by atoms with Gasteiger partial charge < -0.3 is 15.0 Å². The molecule has 29 heavy (non-hydrogen) atoms. The molecule has 1 aromatic heterocycles. The van der Waals surface area contributed by atoms with E-state index >= 15 is 0 Å². The van der Waals surface area contributed by atoms with E-state index in [-0.39, 0.29) is 23.8 Å². The number of ether oxygens (including phenoxy) is 1. The fourth-order valence-electron chi connectivity index (χ4n) is 2.63. The Hall–Kier alpha value is -2.65. The summed E-state index contributed by atoms with van der Waals surface area (Å²) in [7, 11) is 0. The number of carbonyl (C=O) groups excluding carboxylic acids is 1. The van der Waals surface area contributed by atoms with Crippen LogP contribution in [-0.4, -0.2) is 40.5 Å². The van der Waals surface area contributed by atoms with Crippen LogP contribution in [0.5, 0.6) is 0 Å². The largest absolute Gasteiger partial charge is 0.485 e. The first-order chi connectivity index (χ1) is 13.4. The quantitative estimate of drug-likeness (QED) is 0.645. The molecule has 0 fully saturated rings. The highest BCUT2D eigenvalue weighted by atomic mass is 19.4. The normalized spacial score (nSPS) is 18.3. The predicted octanol–water partition coefficient (Wildman–Crippen LogP) is 4.81. The van der Waals surface area contributed by atoms with Gasteiger partial charge in [-0.15, -0.1) is 0 Å². The average molecular weight is 419 g/mol. The minimum atomic E-state index is -5.68. The number of rotatable bonds is 7. The molecular formula is C19H22F5N3O2. The van der Waals surface area contributed by atoms with Gasteiger partial charge in [0.15, 0.2) is 6.61 Å². The standard InChI is InChI=1S/C19H22F5N3O2/c1-4-17(28)26-16-9-14(7-8-25-16)13(3)27-10-15(6-5-12(27)2)29-11-18(20,21)19(22,23)24/h5-10,12-13H,4,11H2,1-3H3,(H,25,26,28). The van der Waals surface area contributed by atoms with Crippen molar-refractivity contribution in [1.29, 1.82) is 0 Å². The molecular weight excluding hydrogens is 397 g/mol. The summed E-state index contributed by atoms with van der Waals surface area (Å²) < 4.78 is 67.9. The number of nitrogens with zero attached hydrogens (tertiary/aromatic N) is 2. The van der Waals surface area contributed by atoms with Crippen molar-refractivity contribution in [2.45, 2.75) is 51.4 Å². The molecule has 0 radical (unpaired) electrons. The summed E-state index contributed by atoms with van der Waals surface area (Å²) in [6.07, 6.45) is 0.529. The second kappa shape index (κ2) is 8.79. The van der Waals surface area contributed by atoms with Gasteiger partial charge in [-0.25, -0.2) is 4.98 Å². The van der Waals surface area contributed by atoms with Gasteiger partial charge in [-0.3, -0.25) is 4.79 Å². The second-order valence-electron chi connectivity index (χ2n) is 6.62. The third kappa shape index (κ3) is 5.68. The molecule has 0 saturated heterocycles. The third-order valence-corrected chi connectivity index (χ3v) is 4.42.